The molecule has 1 nitrogen and oxygen atoms in total. The van der Waals surface area contributed by atoms with Gasteiger partial charge in [0.15, 0.2) is 0 Å². The first-order valence-corrected chi connectivity index (χ1v) is 9.24. The van der Waals surface area contributed by atoms with Crippen molar-refractivity contribution in [2.24, 2.45) is 4.99 Å². The van der Waals surface area contributed by atoms with Gasteiger partial charge in [-0.15, -0.1) is 0 Å². The van der Waals surface area contributed by atoms with Crippen LogP contribution in [0.15, 0.2) is 62.1 Å². The van der Waals surface area contributed by atoms with Crippen molar-refractivity contribution in [3.63, 3.8) is 0 Å². The van der Waals surface area contributed by atoms with E-state index in [1.807, 2.05) is 0 Å². The number of hydrogen-bond acceptors (Lipinski definition) is 1. The normalized spacial score (nSPS) is 27.1. The Morgan fingerprint density at radius 1 is 1.24 bits per heavy atom. The Morgan fingerprint density at radius 3 is 2.76 bits per heavy atom. The van der Waals surface area contributed by atoms with Gasteiger partial charge in [-0.3, -0.25) is 4.99 Å². The molecule has 0 radical (unpaired) electrons. The SMILES string of the molecule is CC1=C2C3=C(C(C4=CC=CC4)=CC3=N1)[Si]2(C)C. The van der Waals surface area contributed by atoms with Crippen LogP contribution < -0.4 is 0 Å². The van der Waals surface area contributed by atoms with Crippen LogP contribution in [0, 0.1) is 0 Å². The Balaban J connectivity index is 1.91. The molecule has 0 saturated heterocycles. The molecule has 0 amide bonds. The second-order valence-corrected chi connectivity index (χ2v) is 9.96. The first-order chi connectivity index (χ1) is 8.10. The molecule has 4 rings (SSSR count). The molecule has 0 spiro atoms. The van der Waals surface area contributed by atoms with E-state index in [0.29, 0.717) is 0 Å². The highest BCUT2D eigenvalue weighted by atomic mass is 28.3. The maximum absolute atomic E-state index is 4.74. The molecule has 2 aliphatic carbocycles. The van der Waals surface area contributed by atoms with Crippen molar-refractivity contribution in [2.45, 2.75) is 26.4 Å². The maximum Gasteiger partial charge on any atom is 0.117 e. The molecule has 0 saturated carbocycles. The van der Waals surface area contributed by atoms with Crippen LogP contribution in [0.4, 0.5) is 0 Å². The smallest absolute Gasteiger partial charge is 0.117 e. The number of rotatable bonds is 1. The van der Waals surface area contributed by atoms with Crippen LogP contribution in [-0.4, -0.2) is 13.8 Å². The summed E-state index contributed by atoms with van der Waals surface area (Å²) >= 11 is 0. The topological polar surface area (TPSA) is 12.4 Å². The van der Waals surface area contributed by atoms with Gasteiger partial charge in [-0.25, -0.2) is 0 Å². The van der Waals surface area contributed by atoms with Crippen LogP contribution in [0.3, 0.4) is 0 Å². The van der Waals surface area contributed by atoms with Gasteiger partial charge in [-0.1, -0.05) is 31.3 Å². The molecular formula is C15H15NSi. The fourth-order valence-electron chi connectivity index (χ4n) is 3.68. The fraction of sp³-hybridized carbons (Fsp3) is 0.267. The average molecular weight is 237 g/mol. The van der Waals surface area contributed by atoms with Crippen LogP contribution in [0.2, 0.25) is 13.1 Å². The summed E-state index contributed by atoms with van der Waals surface area (Å²) in [7, 11) is -1.35. The molecule has 0 aromatic rings. The van der Waals surface area contributed by atoms with Gasteiger partial charge in [-0.2, -0.15) is 0 Å². The Kier molecular flexibility index (Phi) is 1.52. The van der Waals surface area contributed by atoms with Crippen molar-refractivity contribution >= 4 is 13.8 Å². The van der Waals surface area contributed by atoms with E-state index >= 15 is 0 Å². The van der Waals surface area contributed by atoms with Crippen LogP contribution in [0.5, 0.6) is 0 Å². The van der Waals surface area contributed by atoms with Crippen LogP contribution in [-0.2, 0) is 0 Å². The zero-order chi connectivity index (χ0) is 11.8. The molecule has 0 unspecified atom stereocenters. The van der Waals surface area contributed by atoms with Crippen molar-refractivity contribution in [2.75, 3.05) is 0 Å². The number of aliphatic imine (C=N–C) groups is 1. The quantitative estimate of drug-likeness (QED) is 0.617. The lowest BCUT2D eigenvalue weighted by Gasteiger charge is -2.39. The number of nitrogens with zero attached hydrogens (tertiary/aromatic N) is 1. The van der Waals surface area contributed by atoms with Crippen molar-refractivity contribution in [3.05, 3.63) is 57.1 Å². The summed E-state index contributed by atoms with van der Waals surface area (Å²) in [5, 5.41) is 3.28. The molecule has 0 fully saturated rings. The lowest BCUT2D eigenvalue weighted by molar-refractivity contribution is 1.24. The Labute approximate surface area is 103 Å². The summed E-state index contributed by atoms with van der Waals surface area (Å²) in [6.45, 7) is 7.10. The lowest BCUT2D eigenvalue weighted by atomic mass is 10.1. The fourth-order valence-corrected chi connectivity index (χ4v) is 7.36. The summed E-state index contributed by atoms with van der Waals surface area (Å²) in [4.78, 5) is 4.74. The third-order valence-electron chi connectivity index (χ3n) is 4.32. The third-order valence-corrected chi connectivity index (χ3v) is 7.95. The first kappa shape index (κ1) is 9.60. The summed E-state index contributed by atoms with van der Waals surface area (Å²) in [5.74, 6) is 0. The monoisotopic (exact) mass is 237 g/mol. The minimum Gasteiger partial charge on any atom is -0.253 e. The Hall–Kier alpha value is -1.41. The molecule has 0 atom stereocenters. The van der Waals surface area contributed by atoms with Gasteiger partial charge in [0.1, 0.15) is 8.07 Å². The molecule has 0 aromatic carbocycles. The molecule has 2 heteroatoms. The molecular weight excluding hydrogens is 222 g/mol. The second-order valence-electron chi connectivity index (χ2n) is 5.71. The summed E-state index contributed by atoms with van der Waals surface area (Å²) in [6, 6.07) is 0. The van der Waals surface area contributed by atoms with Crippen LogP contribution >= 0.6 is 0 Å². The van der Waals surface area contributed by atoms with Crippen molar-refractivity contribution < 1.29 is 0 Å². The van der Waals surface area contributed by atoms with E-state index in [4.69, 9.17) is 4.99 Å². The minimum atomic E-state index is -1.35. The number of hydrogen-bond donors (Lipinski definition) is 0. The van der Waals surface area contributed by atoms with Gasteiger partial charge in [0, 0.05) is 11.3 Å². The number of allylic oxidation sites excluding steroid dienone is 10. The van der Waals surface area contributed by atoms with Crippen molar-refractivity contribution in [1.82, 2.24) is 0 Å². The third kappa shape index (κ3) is 0.940. The van der Waals surface area contributed by atoms with Gasteiger partial charge in [-0.05, 0) is 41.0 Å². The van der Waals surface area contributed by atoms with E-state index < -0.39 is 8.07 Å². The average Bonchev–Trinajstić information content (AvgIpc) is 2.85. The molecule has 17 heavy (non-hydrogen) atoms. The maximum atomic E-state index is 4.74. The summed E-state index contributed by atoms with van der Waals surface area (Å²) in [5.41, 5.74) is 7.01. The van der Waals surface area contributed by atoms with Crippen molar-refractivity contribution in [3.8, 4) is 0 Å². The zero-order valence-electron chi connectivity index (χ0n) is 10.5. The highest BCUT2D eigenvalue weighted by Crippen LogP contribution is 2.55. The minimum absolute atomic E-state index is 1.10. The molecule has 0 bridgehead atoms. The highest BCUT2D eigenvalue weighted by Gasteiger charge is 2.53. The second kappa shape index (κ2) is 2.70. The molecule has 2 aliphatic heterocycles. The predicted molar refractivity (Wildman–Crippen MR) is 74.6 cm³/mol. The van der Waals surface area contributed by atoms with E-state index in [9.17, 15) is 0 Å². The zero-order valence-corrected chi connectivity index (χ0v) is 11.5. The summed E-state index contributed by atoms with van der Waals surface area (Å²) in [6.07, 6.45) is 10.1. The predicted octanol–water partition coefficient (Wildman–Crippen LogP) is 3.64. The highest BCUT2D eigenvalue weighted by molar-refractivity contribution is 6.98. The van der Waals surface area contributed by atoms with Gasteiger partial charge >= 0.3 is 0 Å². The molecule has 4 aliphatic rings. The van der Waals surface area contributed by atoms with E-state index in [0.717, 1.165) is 6.42 Å². The van der Waals surface area contributed by atoms with Gasteiger partial charge < -0.3 is 0 Å². The van der Waals surface area contributed by atoms with Crippen LogP contribution in [0.1, 0.15) is 13.3 Å². The van der Waals surface area contributed by atoms with E-state index in [2.05, 4.69) is 44.3 Å². The van der Waals surface area contributed by atoms with Crippen LogP contribution in [0.25, 0.3) is 0 Å². The Bertz CT molecular complexity index is 648. The molecule has 0 aromatic heterocycles. The van der Waals surface area contributed by atoms with E-state index in [1.165, 1.54) is 28.1 Å². The largest absolute Gasteiger partial charge is 0.253 e. The van der Waals surface area contributed by atoms with Gasteiger partial charge in [0.2, 0.25) is 0 Å². The van der Waals surface area contributed by atoms with Gasteiger partial charge in [0.05, 0.1) is 5.71 Å². The summed E-state index contributed by atoms with van der Waals surface area (Å²) < 4.78 is 0. The van der Waals surface area contributed by atoms with Crippen molar-refractivity contribution in [1.29, 1.82) is 0 Å². The van der Waals surface area contributed by atoms with E-state index in [-0.39, 0.29) is 0 Å². The lowest BCUT2D eigenvalue weighted by Crippen LogP contribution is -2.43. The van der Waals surface area contributed by atoms with E-state index in [1.54, 1.807) is 10.4 Å². The van der Waals surface area contributed by atoms with Gasteiger partial charge in [0.25, 0.3) is 0 Å². The molecule has 84 valence electrons. The first-order valence-electron chi connectivity index (χ1n) is 6.24. The standard InChI is InChI=1S/C15H15NSi/c1-9-14-13-12(16-9)8-11(10-6-4-5-7-10)15(13)17(14,2)3/h4-6,8H,7H2,1-3H3. The molecule has 0 N–H and O–H groups in total. The molecule has 2 heterocycles. The Morgan fingerprint density at radius 2 is 2.06 bits per heavy atom.